The zero-order valence-corrected chi connectivity index (χ0v) is 16.3. The van der Waals surface area contributed by atoms with E-state index in [0.29, 0.717) is 22.6 Å². The van der Waals surface area contributed by atoms with E-state index in [2.05, 4.69) is 15.1 Å². The number of aromatic nitrogens is 4. The van der Waals surface area contributed by atoms with E-state index in [-0.39, 0.29) is 6.61 Å². The van der Waals surface area contributed by atoms with Gasteiger partial charge in [0.25, 0.3) is 0 Å². The second-order valence-electron chi connectivity index (χ2n) is 6.50. The summed E-state index contributed by atoms with van der Waals surface area (Å²) in [5.74, 6) is 1.80. The van der Waals surface area contributed by atoms with Crippen LogP contribution in [0.4, 0.5) is 0 Å². The topological polar surface area (TPSA) is 66.0 Å². The van der Waals surface area contributed by atoms with E-state index in [1.165, 1.54) is 0 Å². The van der Waals surface area contributed by atoms with Crippen molar-refractivity contribution in [1.82, 2.24) is 19.7 Å². The third kappa shape index (κ3) is 3.28. The molecule has 4 rings (SSSR count). The normalized spacial score (nSPS) is 11.3. The van der Waals surface area contributed by atoms with Crippen LogP contribution in [0.2, 0.25) is 5.02 Å². The van der Waals surface area contributed by atoms with E-state index in [1.54, 1.807) is 4.68 Å². The van der Waals surface area contributed by atoms with E-state index >= 15 is 0 Å². The van der Waals surface area contributed by atoms with Crippen LogP contribution in [0, 0.1) is 20.8 Å². The highest BCUT2D eigenvalue weighted by Crippen LogP contribution is 2.26. The number of nitrogens with zero attached hydrogens (tertiary/aromatic N) is 4. The minimum absolute atomic E-state index is 0.275. The van der Waals surface area contributed by atoms with Gasteiger partial charge >= 0.3 is 0 Å². The third-order valence-corrected chi connectivity index (χ3v) is 4.73. The molecule has 0 atom stereocenters. The SMILES string of the molecule is Cc1oc(-c2ccc(Cl)cc2)nc1COc1cc(C)c2c(C)nn(C)c2n1. The van der Waals surface area contributed by atoms with Crippen molar-refractivity contribution in [2.24, 2.45) is 7.05 Å². The maximum absolute atomic E-state index is 5.94. The van der Waals surface area contributed by atoms with Gasteiger partial charge in [0, 0.05) is 29.1 Å². The zero-order chi connectivity index (χ0) is 19.1. The maximum Gasteiger partial charge on any atom is 0.226 e. The summed E-state index contributed by atoms with van der Waals surface area (Å²) in [4.78, 5) is 9.13. The Morgan fingerprint density at radius 2 is 1.85 bits per heavy atom. The van der Waals surface area contributed by atoms with Crippen LogP contribution in [0.1, 0.15) is 22.7 Å². The number of hydrogen-bond acceptors (Lipinski definition) is 5. The lowest BCUT2D eigenvalue weighted by atomic mass is 10.2. The Morgan fingerprint density at radius 3 is 2.59 bits per heavy atom. The molecule has 0 aliphatic heterocycles. The average molecular weight is 383 g/mol. The van der Waals surface area contributed by atoms with Crippen molar-refractivity contribution in [2.45, 2.75) is 27.4 Å². The first-order chi connectivity index (χ1) is 12.9. The average Bonchev–Trinajstić information content (AvgIpc) is 3.13. The lowest BCUT2D eigenvalue weighted by Gasteiger charge is -2.06. The Labute approximate surface area is 161 Å². The molecule has 0 radical (unpaired) electrons. The van der Waals surface area contributed by atoms with Gasteiger partial charge in [-0.1, -0.05) is 11.6 Å². The summed E-state index contributed by atoms with van der Waals surface area (Å²) < 4.78 is 13.4. The summed E-state index contributed by atoms with van der Waals surface area (Å²) in [5, 5.41) is 6.17. The highest BCUT2D eigenvalue weighted by molar-refractivity contribution is 6.30. The van der Waals surface area contributed by atoms with Gasteiger partial charge in [-0.3, -0.25) is 4.68 Å². The molecule has 7 heteroatoms. The van der Waals surface area contributed by atoms with Crippen LogP contribution in [0.3, 0.4) is 0 Å². The number of oxazole rings is 1. The molecule has 0 spiro atoms. The Hall–Kier alpha value is -2.86. The van der Waals surface area contributed by atoms with Gasteiger partial charge in [-0.25, -0.2) is 4.98 Å². The van der Waals surface area contributed by atoms with Crippen molar-refractivity contribution in [1.29, 1.82) is 0 Å². The van der Waals surface area contributed by atoms with Crippen molar-refractivity contribution in [3.63, 3.8) is 0 Å². The Balaban J connectivity index is 1.58. The van der Waals surface area contributed by atoms with E-state index < -0.39 is 0 Å². The van der Waals surface area contributed by atoms with Gasteiger partial charge in [0.2, 0.25) is 11.8 Å². The molecular weight excluding hydrogens is 364 g/mol. The second-order valence-corrected chi connectivity index (χ2v) is 6.94. The van der Waals surface area contributed by atoms with Crippen molar-refractivity contribution in [3.05, 3.63) is 58.1 Å². The first-order valence-corrected chi connectivity index (χ1v) is 8.96. The van der Waals surface area contributed by atoms with Gasteiger partial charge in [-0.05, 0) is 50.6 Å². The molecule has 0 bridgehead atoms. The predicted molar refractivity (Wildman–Crippen MR) is 104 cm³/mol. The molecule has 0 saturated carbocycles. The van der Waals surface area contributed by atoms with Crippen molar-refractivity contribution in [2.75, 3.05) is 0 Å². The largest absolute Gasteiger partial charge is 0.471 e. The summed E-state index contributed by atoms with van der Waals surface area (Å²) in [5.41, 5.74) is 4.46. The zero-order valence-electron chi connectivity index (χ0n) is 15.6. The Morgan fingerprint density at radius 1 is 1.11 bits per heavy atom. The highest BCUT2D eigenvalue weighted by atomic mass is 35.5. The lowest BCUT2D eigenvalue weighted by molar-refractivity contribution is 0.288. The number of fused-ring (bicyclic) bond motifs is 1. The summed E-state index contributed by atoms with van der Waals surface area (Å²) in [6, 6.07) is 9.30. The number of ether oxygens (including phenoxy) is 1. The summed E-state index contributed by atoms with van der Waals surface area (Å²) in [6.45, 7) is 6.16. The van der Waals surface area contributed by atoms with Crippen LogP contribution in [-0.2, 0) is 13.7 Å². The van der Waals surface area contributed by atoms with Gasteiger partial charge in [0.05, 0.1) is 5.69 Å². The number of aryl methyl sites for hydroxylation is 4. The maximum atomic E-state index is 5.94. The fourth-order valence-corrected chi connectivity index (χ4v) is 3.25. The molecule has 4 aromatic rings. The summed E-state index contributed by atoms with van der Waals surface area (Å²) in [7, 11) is 1.88. The summed E-state index contributed by atoms with van der Waals surface area (Å²) >= 11 is 5.94. The van der Waals surface area contributed by atoms with Gasteiger partial charge in [0.15, 0.2) is 5.65 Å². The minimum atomic E-state index is 0.275. The molecule has 0 fully saturated rings. The number of hydrogen-bond donors (Lipinski definition) is 0. The number of rotatable bonds is 4. The molecule has 3 heterocycles. The lowest BCUT2D eigenvalue weighted by Crippen LogP contribution is -2.01. The van der Waals surface area contributed by atoms with Gasteiger partial charge in [-0.2, -0.15) is 10.1 Å². The van der Waals surface area contributed by atoms with Crippen LogP contribution in [0.5, 0.6) is 5.88 Å². The van der Waals surface area contributed by atoms with Gasteiger partial charge in [-0.15, -0.1) is 0 Å². The standard InChI is InChI=1S/C20H19ClN4O2/c1-11-9-17(23-19-18(11)12(2)24-25(19)4)26-10-16-13(3)27-20(22-16)14-5-7-15(21)8-6-14/h5-9H,10H2,1-4H3. The fourth-order valence-electron chi connectivity index (χ4n) is 3.12. The monoisotopic (exact) mass is 382 g/mol. The first-order valence-electron chi connectivity index (χ1n) is 8.58. The van der Waals surface area contributed by atoms with Crippen LogP contribution in [0.15, 0.2) is 34.7 Å². The van der Waals surface area contributed by atoms with Crippen molar-refractivity contribution in [3.8, 4) is 17.3 Å². The number of pyridine rings is 1. The van der Waals surface area contributed by atoms with E-state index in [0.717, 1.165) is 33.5 Å². The van der Waals surface area contributed by atoms with Crippen molar-refractivity contribution >= 4 is 22.6 Å². The molecule has 3 aromatic heterocycles. The molecule has 6 nitrogen and oxygen atoms in total. The quantitative estimate of drug-likeness (QED) is 0.508. The fraction of sp³-hybridized carbons (Fsp3) is 0.250. The Kier molecular flexibility index (Phi) is 4.36. The van der Waals surface area contributed by atoms with Crippen LogP contribution in [0.25, 0.3) is 22.5 Å². The molecule has 0 aliphatic rings. The predicted octanol–water partition coefficient (Wildman–Crippen LogP) is 4.78. The van der Waals surface area contributed by atoms with Crippen LogP contribution < -0.4 is 4.74 Å². The van der Waals surface area contributed by atoms with Crippen LogP contribution in [-0.4, -0.2) is 19.7 Å². The van der Waals surface area contributed by atoms with Crippen LogP contribution >= 0.6 is 11.6 Å². The minimum Gasteiger partial charge on any atom is -0.471 e. The summed E-state index contributed by atoms with van der Waals surface area (Å²) in [6.07, 6.45) is 0. The molecule has 1 aromatic carbocycles. The highest BCUT2D eigenvalue weighted by Gasteiger charge is 2.15. The molecule has 27 heavy (non-hydrogen) atoms. The number of benzene rings is 1. The van der Waals surface area contributed by atoms with Gasteiger partial charge < -0.3 is 9.15 Å². The van der Waals surface area contributed by atoms with Gasteiger partial charge in [0.1, 0.15) is 18.1 Å². The van der Waals surface area contributed by atoms with E-state index in [1.807, 2.05) is 58.2 Å². The third-order valence-electron chi connectivity index (χ3n) is 4.48. The molecular formula is C20H19ClN4O2. The van der Waals surface area contributed by atoms with E-state index in [4.69, 9.17) is 20.8 Å². The number of halogens is 1. The molecule has 0 aliphatic carbocycles. The first kappa shape index (κ1) is 17.5. The molecule has 0 amide bonds. The second kappa shape index (κ2) is 6.70. The smallest absolute Gasteiger partial charge is 0.226 e. The molecule has 0 unspecified atom stereocenters. The molecule has 0 N–H and O–H groups in total. The Bertz CT molecular complexity index is 1130. The van der Waals surface area contributed by atoms with Crippen molar-refractivity contribution < 1.29 is 9.15 Å². The molecule has 0 saturated heterocycles. The molecule has 138 valence electrons. The van der Waals surface area contributed by atoms with E-state index in [9.17, 15) is 0 Å².